The second-order valence-corrected chi connectivity index (χ2v) is 10.4. The van der Waals surface area contributed by atoms with Crippen molar-refractivity contribution in [1.29, 1.82) is 0 Å². The van der Waals surface area contributed by atoms with Crippen LogP contribution in [-0.2, 0) is 17.9 Å². The Labute approximate surface area is 192 Å². The molecule has 1 heterocycles. The molecule has 1 amide bonds. The number of benzene rings is 2. The van der Waals surface area contributed by atoms with E-state index in [4.69, 9.17) is 9.47 Å². The third-order valence-electron chi connectivity index (χ3n) is 6.57. The van der Waals surface area contributed by atoms with Crippen LogP contribution in [0.3, 0.4) is 0 Å². The van der Waals surface area contributed by atoms with E-state index in [2.05, 4.69) is 46.6 Å². The number of nitrogens with one attached hydrogen (secondary N) is 1. The first-order valence-electron chi connectivity index (χ1n) is 11.8. The van der Waals surface area contributed by atoms with Crippen molar-refractivity contribution < 1.29 is 14.3 Å². The lowest BCUT2D eigenvalue weighted by atomic mass is 9.60. The van der Waals surface area contributed by atoms with Gasteiger partial charge in [0.2, 0.25) is 0 Å². The molecule has 5 heteroatoms. The van der Waals surface area contributed by atoms with Crippen molar-refractivity contribution in [2.24, 2.45) is 5.41 Å². The summed E-state index contributed by atoms with van der Waals surface area (Å²) in [5.41, 5.74) is 2.47. The summed E-state index contributed by atoms with van der Waals surface area (Å²) in [6.07, 6.45) is 4.28. The average molecular weight is 437 g/mol. The molecule has 0 aromatic heterocycles. The number of nitrogens with zero attached hydrogens (tertiary/aromatic N) is 1. The first kappa shape index (κ1) is 22.7. The number of amides is 1. The summed E-state index contributed by atoms with van der Waals surface area (Å²) in [6, 6.07) is 19.0. The normalized spacial score (nSPS) is 18.7. The number of rotatable bonds is 6. The molecule has 2 aliphatic rings. The molecule has 2 fully saturated rings. The van der Waals surface area contributed by atoms with Gasteiger partial charge in [-0.25, -0.2) is 4.79 Å². The minimum absolute atomic E-state index is 0.264. The topological polar surface area (TPSA) is 50.8 Å². The van der Waals surface area contributed by atoms with Gasteiger partial charge >= 0.3 is 6.09 Å². The monoisotopic (exact) mass is 436 g/mol. The highest BCUT2D eigenvalue weighted by Gasteiger charge is 2.46. The van der Waals surface area contributed by atoms with E-state index < -0.39 is 5.60 Å². The van der Waals surface area contributed by atoms with Crippen molar-refractivity contribution in [2.75, 3.05) is 13.1 Å². The van der Waals surface area contributed by atoms with Gasteiger partial charge in [-0.3, -0.25) is 4.90 Å². The van der Waals surface area contributed by atoms with Gasteiger partial charge < -0.3 is 14.8 Å². The largest absolute Gasteiger partial charge is 0.489 e. The Hall–Kier alpha value is -2.53. The van der Waals surface area contributed by atoms with Gasteiger partial charge in [-0.15, -0.1) is 0 Å². The molecular formula is C27H36N2O3. The molecule has 2 aromatic carbocycles. The second kappa shape index (κ2) is 9.53. The quantitative estimate of drug-likeness (QED) is 0.646. The van der Waals surface area contributed by atoms with Gasteiger partial charge in [0, 0.05) is 12.6 Å². The van der Waals surface area contributed by atoms with Crippen LogP contribution in [0.5, 0.6) is 5.75 Å². The van der Waals surface area contributed by atoms with E-state index in [9.17, 15) is 4.79 Å². The first-order valence-corrected chi connectivity index (χ1v) is 11.8. The maximum absolute atomic E-state index is 12.0. The van der Waals surface area contributed by atoms with E-state index in [-0.39, 0.29) is 12.1 Å². The molecule has 0 radical (unpaired) electrons. The van der Waals surface area contributed by atoms with Crippen LogP contribution < -0.4 is 10.1 Å². The Bertz CT molecular complexity index is 873. The fourth-order valence-electron chi connectivity index (χ4n) is 4.85. The fourth-order valence-corrected chi connectivity index (χ4v) is 4.85. The van der Waals surface area contributed by atoms with Crippen LogP contribution in [-0.4, -0.2) is 35.7 Å². The molecule has 4 rings (SSSR count). The Morgan fingerprint density at radius 3 is 2.28 bits per heavy atom. The van der Waals surface area contributed by atoms with Crippen molar-refractivity contribution >= 4 is 6.09 Å². The minimum atomic E-state index is -0.441. The highest BCUT2D eigenvalue weighted by atomic mass is 16.6. The lowest BCUT2D eigenvalue weighted by Crippen LogP contribution is -2.55. The third-order valence-corrected chi connectivity index (χ3v) is 6.57. The molecule has 0 bridgehead atoms. The standard InChI is InChI=1S/C27H36N2O3/c1-26(2,3)32-25(30)28-23-17-27(18-23)13-15-29(16-14-27)19-21-9-11-24(12-10-21)31-20-22-7-5-4-6-8-22/h4-12,23H,13-20H2,1-3H3,(H,28,30). The second-order valence-electron chi connectivity index (χ2n) is 10.4. The molecule has 0 unspecified atom stereocenters. The number of hydrogen-bond acceptors (Lipinski definition) is 4. The molecule has 1 saturated heterocycles. The van der Waals surface area contributed by atoms with Crippen LogP contribution in [0.2, 0.25) is 0 Å². The summed E-state index contributed by atoms with van der Waals surface area (Å²) >= 11 is 0. The predicted molar refractivity (Wildman–Crippen MR) is 127 cm³/mol. The van der Waals surface area contributed by atoms with Crippen molar-refractivity contribution in [3.05, 3.63) is 65.7 Å². The molecule has 5 nitrogen and oxygen atoms in total. The van der Waals surface area contributed by atoms with Gasteiger partial charge in [-0.2, -0.15) is 0 Å². The van der Waals surface area contributed by atoms with E-state index in [1.807, 2.05) is 39.0 Å². The van der Waals surface area contributed by atoms with Gasteiger partial charge in [-0.1, -0.05) is 42.5 Å². The molecule has 32 heavy (non-hydrogen) atoms. The summed E-state index contributed by atoms with van der Waals surface area (Å²) in [5, 5.41) is 3.03. The van der Waals surface area contributed by atoms with Crippen LogP contribution in [0.25, 0.3) is 0 Å². The highest BCUT2D eigenvalue weighted by molar-refractivity contribution is 5.68. The molecule has 1 spiro atoms. The van der Waals surface area contributed by atoms with Crippen molar-refractivity contribution in [2.45, 2.75) is 71.2 Å². The molecule has 1 N–H and O–H groups in total. The number of carbonyl (C=O) groups excluding carboxylic acids is 1. The zero-order valence-corrected chi connectivity index (χ0v) is 19.6. The van der Waals surface area contributed by atoms with Crippen LogP contribution in [0, 0.1) is 5.41 Å². The summed E-state index contributed by atoms with van der Waals surface area (Å²) in [7, 11) is 0. The van der Waals surface area contributed by atoms with Crippen molar-refractivity contribution in [3.63, 3.8) is 0 Å². The number of ether oxygens (including phenoxy) is 2. The predicted octanol–water partition coefficient (Wildman–Crippen LogP) is 5.53. The molecule has 1 aliphatic carbocycles. The maximum atomic E-state index is 12.0. The number of likely N-dealkylation sites (tertiary alicyclic amines) is 1. The van der Waals surface area contributed by atoms with Crippen LogP contribution in [0.4, 0.5) is 4.79 Å². The van der Waals surface area contributed by atoms with E-state index >= 15 is 0 Å². The smallest absolute Gasteiger partial charge is 0.407 e. The first-order chi connectivity index (χ1) is 15.3. The maximum Gasteiger partial charge on any atom is 0.407 e. The average Bonchev–Trinajstić information content (AvgIpc) is 2.73. The van der Waals surface area contributed by atoms with Gasteiger partial charge in [0.25, 0.3) is 0 Å². The molecule has 172 valence electrons. The Kier molecular flexibility index (Phi) is 6.75. The zero-order valence-electron chi connectivity index (χ0n) is 19.6. The lowest BCUT2D eigenvalue weighted by molar-refractivity contribution is -0.00418. The van der Waals surface area contributed by atoms with Crippen molar-refractivity contribution in [3.8, 4) is 5.75 Å². The van der Waals surface area contributed by atoms with Crippen LogP contribution in [0.1, 0.15) is 57.6 Å². The number of carbonyl (C=O) groups is 1. The third kappa shape index (κ3) is 6.26. The van der Waals surface area contributed by atoms with Gasteiger partial charge in [-0.05, 0) is 88.2 Å². The summed E-state index contributed by atoms with van der Waals surface area (Å²) < 4.78 is 11.3. The van der Waals surface area contributed by atoms with Crippen LogP contribution >= 0.6 is 0 Å². The van der Waals surface area contributed by atoms with E-state index in [1.165, 1.54) is 24.0 Å². The Balaban J connectivity index is 1.17. The Morgan fingerprint density at radius 1 is 1.00 bits per heavy atom. The molecular weight excluding hydrogens is 400 g/mol. The van der Waals surface area contributed by atoms with Crippen LogP contribution in [0.15, 0.2) is 54.6 Å². The number of hydrogen-bond donors (Lipinski definition) is 1. The SMILES string of the molecule is CC(C)(C)OC(=O)NC1CC2(CCN(Cc3ccc(OCc4ccccc4)cc3)CC2)C1. The van der Waals surface area contributed by atoms with Gasteiger partial charge in [0.05, 0.1) is 0 Å². The van der Waals surface area contributed by atoms with E-state index in [1.54, 1.807) is 0 Å². The summed E-state index contributed by atoms with van der Waals surface area (Å²) in [5.74, 6) is 0.910. The summed E-state index contributed by atoms with van der Waals surface area (Å²) in [4.78, 5) is 14.5. The molecule has 0 atom stereocenters. The molecule has 2 aromatic rings. The summed E-state index contributed by atoms with van der Waals surface area (Å²) in [6.45, 7) is 9.51. The van der Waals surface area contributed by atoms with Gasteiger partial charge in [0.15, 0.2) is 0 Å². The fraction of sp³-hybridized carbons (Fsp3) is 0.519. The van der Waals surface area contributed by atoms with Crippen molar-refractivity contribution in [1.82, 2.24) is 10.2 Å². The van der Waals surface area contributed by atoms with E-state index in [0.717, 1.165) is 38.2 Å². The van der Waals surface area contributed by atoms with E-state index in [0.29, 0.717) is 12.0 Å². The minimum Gasteiger partial charge on any atom is -0.489 e. The molecule has 1 aliphatic heterocycles. The Morgan fingerprint density at radius 2 is 1.66 bits per heavy atom. The molecule has 1 saturated carbocycles. The number of alkyl carbamates (subject to hydrolysis) is 1. The lowest BCUT2D eigenvalue weighted by Gasteiger charge is -2.52. The zero-order chi connectivity index (χ0) is 22.6. The number of piperidine rings is 1. The van der Waals surface area contributed by atoms with Gasteiger partial charge in [0.1, 0.15) is 18.0 Å². The highest BCUT2D eigenvalue weighted by Crippen LogP contribution is 2.49.